The number of hydrogen-bond acceptors (Lipinski definition) is 7. The third kappa shape index (κ3) is 6.74. The molecule has 1 aromatic heterocycles. The first-order valence-corrected chi connectivity index (χ1v) is 16.9. The zero-order valence-electron chi connectivity index (χ0n) is 27.7. The zero-order valence-corrected chi connectivity index (χ0v) is 27.7. The summed E-state index contributed by atoms with van der Waals surface area (Å²) in [5, 5.41) is 4.31. The molecule has 1 unspecified atom stereocenters. The van der Waals surface area contributed by atoms with Crippen LogP contribution in [0.15, 0.2) is 120 Å². The van der Waals surface area contributed by atoms with E-state index in [-0.39, 0.29) is 17.8 Å². The fourth-order valence-corrected chi connectivity index (χ4v) is 6.51. The van der Waals surface area contributed by atoms with Crippen LogP contribution in [0.2, 0.25) is 0 Å². The largest absolute Gasteiger partial charge is 0.491 e. The minimum absolute atomic E-state index is 0.0752. The van der Waals surface area contributed by atoms with E-state index in [1.165, 1.54) is 5.69 Å². The molecular weight excluding hydrogens is 602 g/mol. The van der Waals surface area contributed by atoms with Gasteiger partial charge in [-0.25, -0.2) is 14.0 Å². The van der Waals surface area contributed by atoms with Gasteiger partial charge >= 0.3 is 5.69 Å². The Kier molecular flexibility index (Phi) is 9.31. The molecule has 9 nitrogen and oxygen atoms in total. The van der Waals surface area contributed by atoms with Crippen LogP contribution in [0.1, 0.15) is 37.4 Å². The summed E-state index contributed by atoms with van der Waals surface area (Å²) in [6.45, 7) is 8.60. The van der Waals surface area contributed by atoms with Gasteiger partial charge in [-0.05, 0) is 67.4 Å². The molecule has 3 heterocycles. The van der Waals surface area contributed by atoms with Gasteiger partial charge in [-0.3, -0.25) is 0 Å². The van der Waals surface area contributed by atoms with Crippen molar-refractivity contribution in [1.82, 2.24) is 14.3 Å². The topological polar surface area (TPSA) is 74.0 Å². The fraction of sp³-hybridized carbons (Fsp3) is 0.333. The summed E-state index contributed by atoms with van der Waals surface area (Å²) < 4.78 is 22.3. The zero-order chi connectivity index (χ0) is 32.9. The molecule has 2 aliphatic heterocycles. The third-order valence-electron chi connectivity index (χ3n) is 9.47. The second-order valence-electron chi connectivity index (χ2n) is 12.6. The smallest absolute Gasteiger partial charge is 0.350 e. The second-order valence-corrected chi connectivity index (χ2v) is 12.6. The third-order valence-corrected chi connectivity index (χ3v) is 9.47. The van der Waals surface area contributed by atoms with E-state index in [2.05, 4.69) is 70.4 Å². The molecule has 2 fully saturated rings. The van der Waals surface area contributed by atoms with Crippen molar-refractivity contribution in [3.8, 4) is 11.4 Å². The molecule has 5 aromatic rings. The van der Waals surface area contributed by atoms with E-state index >= 15 is 0 Å². The second kappa shape index (κ2) is 14.1. The Balaban J connectivity index is 0.916. The van der Waals surface area contributed by atoms with E-state index in [1.54, 1.807) is 15.6 Å². The maximum absolute atomic E-state index is 12.8. The van der Waals surface area contributed by atoms with Crippen molar-refractivity contribution < 1.29 is 14.2 Å². The van der Waals surface area contributed by atoms with E-state index in [1.807, 2.05) is 67.6 Å². The number of benzene rings is 4. The predicted octanol–water partition coefficient (Wildman–Crippen LogP) is 6.22. The molecule has 0 spiro atoms. The highest BCUT2D eigenvalue weighted by Crippen LogP contribution is 2.38. The number of rotatable bonds is 11. The van der Waals surface area contributed by atoms with E-state index in [0.717, 1.165) is 60.9 Å². The average Bonchev–Trinajstić information content (AvgIpc) is 3.75. The lowest BCUT2D eigenvalue weighted by Crippen LogP contribution is -2.46. The molecule has 0 aliphatic carbocycles. The number of hydrogen-bond donors (Lipinski definition) is 0. The Morgan fingerprint density at radius 1 is 0.812 bits per heavy atom. The molecule has 4 aromatic carbocycles. The first kappa shape index (κ1) is 31.7. The average molecular weight is 646 g/mol. The van der Waals surface area contributed by atoms with Crippen LogP contribution in [0.5, 0.6) is 5.75 Å². The van der Waals surface area contributed by atoms with Crippen LogP contribution >= 0.6 is 0 Å². The van der Waals surface area contributed by atoms with E-state index in [4.69, 9.17) is 14.2 Å². The molecule has 0 amide bonds. The molecule has 0 saturated carbocycles. The van der Waals surface area contributed by atoms with Crippen molar-refractivity contribution in [3.63, 3.8) is 0 Å². The van der Waals surface area contributed by atoms with Gasteiger partial charge < -0.3 is 24.0 Å². The van der Waals surface area contributed by atoms with Gasteiger partial charge in [0.2, 0.25) is 0 Å². The molecule has 3 atom stereocenters. The van der Waals surface area contributed by atoms with E-state index in [9.17, 15) is 4.79 Å². The highest BCUT2D eigenvalue weighted by molar-refractivity contribution is 5.54. The molecular formula is C39H43N5O4. The maximum Gasteiger partial charge on any atom is 0.350 e. The minimum Gasteiger partial charge on any atom is -0.491 e. The fourth-order valence-electron chi connectivity index (χ4n) is 6.51. The summed E-state index contributed by atoms with van der Waals surface area (Å²) in [6.07, 6.45) is 2.92. The number of anilines is 2. The quantitative estimate of drug-likeness (QED) is 0.169. The van der Waals surface area contributed by atoms with Crippen LogP contribution < -0.4 is 20.2 Å². The van der Waals surface area contributed by atoms with Gasteiger partial charge in [0.05, 0.1) is 18.3 Å². The molecule has 0 bridgehead atoms. The lowest BCUT2D eigenvalue weighted by Gasteiger charge is -2.37. The summed E-state index contributed by atoms with van der Waals surface area (Å²) in [6, 6.07) is 37.1. The molecule has 2 saturated heterocycles. The molecule has 7 rings (SSSR count). The van der Waals surface area contributed by atoms with Gasteiger partial charge in [0, 0.05) is 49.5 Å². The van der Waals surface area contributed by atoms with Crippen LogP contribution in [0.3, 0.4) is 0 Å². The van der Waals surface area contributed by atoms with Crippen molar-refractivity contribution in [1.29, 1.82) is 0 Å². The Morgan fingerprint density at radius 2 is 1.40 bits per heavy atom. The van der Waals surface area contributed by atoms with Crippen LogP contribution in [0.4, 0.5) is 11.4 Å². The first-order chi connectivity index (χ1) is 23.5. The molecule has 0 radical (unpaired) electrons. The van der Waals surface area contributed by atoms with Gasteiger partial charge in [0.15, 0.2) is 5.79 Å². The van der Waals surface area contributed by atoms with Crippen molar-refractivity contribution in [2.24, 2.45) is 0 Å². The summed E-state index contributed by atoms with van der Waals surface area (Å²) in [5.74, 6) is -0.0169. The monoisotopic (exact) mass is 645 g/mol. The van der Waals surface area contributed by atoms with Crippen LogP contribution in [0, 0.1) is 0 Å². The first-order valence-electron chi connectivity index (χ1n) is 16.9. The van der Waals surface area contributed by atoms with Crippen molar-refractivity contribution in [2.45, 2.75) is 44.6 Å². The molecule has 0 N–H and O–H groups in total. The SMILES string of the molecule is CCC(C)n1ncn(-c2ccc(N3CCN(c4ccc(OC[C@@H]5CO[C@@](Cc6ccccc6)(c6ccccc6)O5)cc4)CC3)cc2)c1=O. The highest BCUT2D eigenvalue weighted by atomic mass is 16.8. The molecule has 248 valence electrons. The Hall–Kier alpha value is -4.86. The number of ether oxygens (including phenoxy) is 3. The van der Waals surface area contributed by atoms with Gasteiger partial charge in [-0.2, -0.15) is 5.10 Å². The van der Waals surface area contributed by atoms with Gasteiger partial charge in [0.1, 0.15) is 24.8 Å². The summed E-state index contributed by atoms with van der Waals surface area (Å²) in [7, 11) is 0. The van der Waals surface area contributed by atoms with Crippen LogP contribution in [-0.4, -0.2) is 59.8 Å². The lowest BCUT2D eigenvalue weighted by molar-refractivity contribution is -0.178. The Labute approximate surface area is 281 Å². The highest BCUT2D eigenvalue weighted by Gasteiger charge is 2.43. The maximum atomic E-state index is 12.8. The number of piperazine rings is 1. The van der Waals surface area contributed by atoms with E-state index < -0.39 is 5.79 Å². The predicted molar refractivity (Wildman–Crippen MR) is 188 cm³/mol. The van der Waals surface area contributed by atoms with Crippen LogP contribution in [0.25, 0.3) is 5.69 Å². The summed E-state index contributed by atoms with van der Waals surface area (Å²) in [4.78, 5) is 17.6. The minimum atomic E-state index is -0.832. The molecule has 48 heavy (non-hydrogen) atoms. The number of nitrogens with zero attached hydrogens (tertiary/aromatic N) is 5. The summed E-state index contributed by atoms with van der Waals surface area (Å²) >= 11 is 0. The Bertz CT molecular complexity index is 1820. The standard InChI is InChI=1S/C39H43N5O4/c1-3-30(2)44-38(45)43(29-40-44)35-16-14-33(15-17-35)41-22-24-42(25-23-41)34-18-20-36(21-19-34)46-27-37-28-47-39(48-37,32-12-8-5-9-13-32)26-31-10-6-4-7-11-31/h4-21,29-30,37H,3,22-28H2,1-2H3/t30?,37-,39-/m1/s1. The Morgan fingerprint density at radius 3 is 2.02 bits per heavy atom. The van der Waals surface area contributed by atoms with Gasteiger partial charge in [-0.1, -0.05) is 67.6 Å². The summed E-state index contributed by atoms with van der Waals surface area (Å²) in [5.41, 5.74) is 5.24. The molecule has 2 aliphatic rings. The van der Waals surface area contributed by atoms with Gasteiger partial charge in [-0.15, -0.1) is 0 Å². The van der Waals surface area contributed by atoms with Crippen LogP contribution in [-0.2, 0) is 21.7 Å². The van der Waals surface area contributed by atoms with Crippen molar-refractivity contribution >= 4 is 11.4 Å². The van der Waals surface area contributed by atoms with Crippen molar-refractivity contribution in [3.05, 3.63) is 137 Å². The molecule has 9 heteroatoms. The van der Waals surface area contributed by atoms with Gasteiger partial charge in [0.25, 0.3) is 0 Å². The van der Waals surface area contributed by atoms with Crippen molar-refractivity contribution in [2.75, 3.05) is 49.2 Å². The lowest BCUT2D eigenvalue weighted by atomic mass is 9.97. The van der Waals surface area contributed by atoms with E-state index in [0.29, 0.717) is 19.6 Å². The normalized spacial score (nSPS) is 20.2. The number of aromatic nitrogens is 3.